The number of nitrogens with zero attached hydrogens (tertiary/aromatic N) is 1. The molecule has 2 aromatic carbocycles. The molecule has 216 valence electrons. The Hall–Kier alpha value is -3.45. The minimum Gasteiger partial charge on any atom is -0.507 e. The zero-order valence-electron chi connectivity index (χ0n) is 23.0. The Labute approximate surface area is 234 Å². The zero-order chi connectivity index (χ0) is 29.4. The molecule has 2 aliphatic heterocycles. The highest BCUT2D eigenvalue weighted by Gasteiger charge is 2.54. The molecular weight excluding hydrogens is 534 g/mol. The second-order valence-corrected chi connectivity index (χ2v) is 11.2. The molecule has 11 nitrogen and oxygen atoms in total. The first-order valence-electron chi connectivity index (χ1n) is 13.4. The Morgan fingerprint density at radius 2 is 1.83 bits per heavy atom. The largest absolute Gasteiger partial charge is 0.507 e. The normalized spacial score (nSPS) is 27.0. The summed E-state index contributed by atoms with van der Waals surface area (Å²) >= 11 is 0. The third-order valence-electron chi connectivity index (χ3n) is 8.37. The van der Waals surface area contributed by atoms with Crippen LogP contribution in [0.15, 0.2) is 39.5 Å². The second kappa shape index (κ2) is 9.83. The van der Waals surface area contributed by atoms with Crippen molar-refractivity contribution in [1.29, 1.82) is 0 Å². The van der Waals surface area contributed by atoms with Crippen LogP contribution in [0.2, 0.25) is 0 Å². The van der Waals surface area contributed by atoms with Gasteiger partial charge in [-0.1, -0.05) is 12.1 Å². The van der Waals surface area contributed by atoms with Crippen molar-refractivity contribution in [1.82, 2.24) is 4.90 Å². The van der Waals surface area contributed by atoms with Gasteiger partial charge in [-0.25, -0.2) is 0 Å². The lowest BCUT2D eigenvalue weighted by molar-refractivity contribution is -0.288. The van der Waals surface area contributed by atoms with E-state index in [2.05, 4.69) is 0 Å². The predicted octanol–water partition coefficient (Wildman–Crippen LogP) is 1.61. The van der Waals surface area contributed by atoms with Crippen molar-refractivity contribution in [3.05, 3.63) is 74.1 Å². The summed E-state index contributed by atoms with van der Waals surface area (Å²) in [5.41, 5.74) is -2.13. The lowest BCUT2D eigenvalue weighted by Crippen LogP contribution is -2.55. The van der Waals surface area contributed by atoms with Gasteiger partial charge in [-0.3, -0.25) is 14.4 Å². The van der Waals surface area contributed by atoms with E-state index in [9.17, 15) is 29.7 Å². The van der Waals surface area contributed by atoms with E-state index in [1.54, 1.807) is 13.8 Å². The number of aromatic hydroxyl groups is 1. The van der Waals surface area contributed by atoms with Gasteiger partial charge in [0, 0.05) is 29.7 Å². The maximum absolute atomic E-state index is 13.7. The number of rotatable bonds is 6. The van der Waals surface area contributed by atoms with E-state index < -0.39 is 53.8 Å². The van der Waals surface area contributed by atoms with Gasteiger partial charge in [0.05, 0.1) is 41.9 Å². The quantitative estimate of drug-likeness (QED) is 0.292. The average molecular weight is 566 g/mol. The van der Waals surface area contributed by atoms with Crippen LogP contribution in [-0.4, -0.2) is 89.7 Å². The number of hydrogen-bond donors (Lipinski definition) is 3. The van der Waals surface area contributed by atoms with Crippen LogP contribution >= 0.6 is 0 Å². The van der Waals surface area contributed by atoms with Crippen LogP contribution in [-0.2, 0) is 19.8 Å². The zero-order valence-corrected chi connectivity index (χ0v) is 23.0. The summed E-state index contributed by atoms with van der Waals surface area (Å²) in [6.07, 6.45) is -2.72. The lowest BCUT2D eigenvalue weighted by Gasteiger charge is -2.43. The first-order valence-corrected chi connectivity index (χ1v) is 13.4. The van der Waals surface area contributed by atoms with E-state index in [0.717, 1.165) is 0 Å². The van der Waals surface area contributed by atoms with Crippen molar-refractivity contribution in [2.75, 3.05) is 27.3 Å². The van der Waals surface area contributed by atoms with Gasteiger partial charge in [-0.05, 0) is 45.6 Å². The minimum atomic E-state index is -1.69. The smallest absolute Gasteiger partial charge is 0.202 e. The number of fused-ring (bicyclic) bond motifs is 4. The van der Waals surface area contributed by atoms with Crippen LogP contribution < -0.4 is 5.43 Å². The van der Waals surface area contributed by atoms with E-state index in [1.165, 1.54) is 30.3 Å². The highest BCUT2D eigenvalue weighted by molar-refractivity contribution is 6.32. The molecule has 0 bridgehead atoms. The van der Waals surface area contributed by atoms with E-state index in [0.29, 0.717) is 5.56 Å². The monoisotopic (exact) mass is 565 g/mol. The number of phenols is 1. The van der Waals surface area contributed by atoms with E-state index in [1.807, 2.05) is 19.0 Å². The summed E-state index contributed by atoms with van der Waals surface area (Å²) in [5, 5.41) is 31.9. The van der Waals surface area contributed by atoms with Gasteiger partial charge >= 0.3 is 0 Å². The average Bonchev–Trinajstić information content (AvgIpc) is 3.77. The number of epoxide rings is 1. The van der Waals surface area contributed by atoms with Gasteiger partial charge in [0.2, 0.25) is 5.78 Å². The van der Waals surface area contributed by atoms with E-state index in [-0.39, 0.29) is 63.8 Å². The molecule has 0 amide bonds. The molecule has 3 aromatic rings. The van der Waals surface area contributed by atoms with Crippen LogP contribution in [0.1, 0.15) is 56.5 Å². The maximum Gasteiger partial charge on any atom is 0.202 e. The van der Waals surface area contributed by atoms with Gasteiger partial charge in [0.15, 0.2) is 23.1 Å². The van der Waals surface area contributed by atoms with Crippen molar-refractivity contribution in [2.24, 2.45) is 0 Å². The fourth-order valence-corrected chi connectivity index (χ4v) is 6.06. The molecule has 41 heavy (non-hydrogen) atoms. The number of ether oxygens (including phenoxy) is 3. The standard InChI is InChI=1S/C30H31NO10/c1-13-8-16-25(28(37)24-15(27(16)36)6-5-7-18(24)33)29-23(13)19(34)10-20(40-29)30(12-32,21-11-38-21)41-22-9-17(31(3)4)26(35)14(2)39-22/h5-8,10,14,17,21-22,26,32-33,35H,9,11-12H2,1-4H3/t14-,17+,21-,22-,26-,30-/m0/s1. The number of ketones is 2. The number of likely N-dealkylation sites (N-methyl/N-ethyl adjacent to an activating group) is 1. The van der Waals surface area contributed by atoms with E-state index >= 15 is 0 Å². The number of benzene rings is 2. The molecule has 0 unspecified atom stereocenters. The van der Waals surface area contributed by atoms with Crippen molar-refractivity contribution >= 4 is 22.5 Å². The highest BCUT2D eigenvalue weighted by Crippen LogP contribution is 2.43. The Morgan fingerprint density at radius 3 is 2.49 bits per heavy atom. The topological polar surface area (TPSA) is 159 Å². The second-order valence-electron chi connectivity index (χ2n) is 11.2. The Kier molecular flexibility index (Phi) is 6.64. The SMILES string of the molecule is Cc1cc2c(c3oc([C@](CO)(O[C@H]4C[C@@H](N(C)C)[C@@H](O)[C@H](C)O4)[C@@H]4CO4)cc(=O)c13)C(=O)c1c(O)cccc1C2=O. The van der Waals surface area contributed by atoms with Crippen LogP contribution in [0.4, 0.5) is 0 Å². The molecule has 6 rings (SSSR count). The molecule has 1 aliphatic carbocycles. The Morgan fingerprint density at radius 1 is 1.10 bits per heavy atom. The van der Waals surface area contributed by atoms with Crippen LogP contribution in [0, 0.1) is 6.92 Å². The molecule has 3 N–H and O–H groups in total. The van der Waals surface area contributed by atoms with E-state index in [4.69, 9.17) is 18.6 Å². The first kappa shape index (κ1) is 27.7. The fraction of sp³-hybridized carbons (Fsp3) is 0.433. The molecule has 0 spiro atoms. The Balaban J connectivity index is 1.52. The summed E-state index contributed by atoms with van der Waals surface area (Å²) in [6.45, 7) is 2.90. The third-order valence-corrected chi connectivity index (χ3v) is 8.37. The van der Waals surface area contributed by atoms with Gasteiger partial charge in [-0.2, -0.15) is 0 Å². The number of aliphatic hydroxyl groups is 2. The number of phenolic OH excluding ortho intramolecular Hbond substituents is 1. The summed E-state index contributed by atoms with van der Waals surface area (Å²) < 4.78 is 24.2. The molecule has 3 heterocycles. The minimum absolute atomic E-state index is 0.0452. The molecule has 6 atom stereocenters. The number of aliphatic hydroxyl groups excluding tert-OH is 2. The molecule has 0 saturated carbocycles. The molecular formula is C30H31NO10. The van der Waals surface area contributed by atoms with Gasteiger partial charge in [0.1, 0.15) is 23.2 Å². The number of carbonyl (C=O) groups is 2. The third kappa shape index (κ3) is 4.23. The van der Waals surface area contributed by atoms with Crippen LogP contribution in [0.3, 0.4) is 0 Å². The Bertz CT molecular complexity index is 1640. The maximum atomic E-state index is 13.7. The van der Waals surface area contributed by atoms with Crippen molar-refractivity contribution in [2.45, 2.75) is 56.5 Å². The lowest BCUT2D eigenvalue weighted by atomic mass is 9.81. The fourth-order valence-electron chi connectivity index (χ4n) is 6.06. The summed E-state index contributed by atoms with van der Waals surface area (Å²) in [6, 6.07) is 6.62. The molecule has 2 saturated heterocycles. The van der Waals surface area contributed by atoms with Gasteiger partial charge < -0.3 is 38.8 Å². The van der Waals surface area contributed by atoms with Crippen LogP contribution in [0.25, 0.3) is 11.0 Å². The molecule has 3 aliphatic rings. The summed E-state index contributed by atoms with van der Waals surface area (Å²) in [7, 11) is 3.66. The van der Waals surface area contributed by atoms with Gasteiger partial charge in [0.25, 0.3) is 0 Å². The van der Waals surface area contributed by atoms with Gasteiger partial charge in [-0.15, -0.1) is 0 Å². The number of aryl methyl sites for hydroxylation is 1. The van der Waals surface area contributed by atoms with Crippen molar-refractivity contribution < 1.29 is 43.5 Å². The predicted molar refractivity (Wildman–Crippen MR) is 144 cm³/mol. The van der Waals surface area contributed by atoms with Crippen molar-refractivity contribution in [3.63, 3.8) is 0 Å². The summed E-state index contributed by atoms with van der Waals surface area (Å²) in [5.74, 6) is -1.61. The first-order chi connectivity index (χ1) is 19.5. The molecule has 0 radical (unpaired) electrons. The summed E-state index contributed by atoms with van der Waals surface area (Å²) in [4.78, 5) is 42.6. The number of hydrogen-bond acceptors (Lipinski definition) is 11. The molecule has 2 fully saturated rings. The van der Waals surface area contributed by atoms with Crippen molar-refractivity contribution in [3.8, 4) is 5.75 Å². The van der Waals surface area contributed by atoms with Crippen LogP contribution in [0.5, 0.6) is 5.75 Å². The highest BCUT2D eigenvalue weighted by atomic mass is 16.7. The molecule has 1 aromatic heterocycles. The molecule has 11 heteroatoms. The number of carbonyl (C=O) groups excluding carboxylic acids is 2.